The van der Waals surface area contributed by atoms with Gasteiger partial charge in [-0.2, -0.15) is 5.10 Å². The van der Waals surface area contributed by atoms with Gasteiger partial charge in [0.15, 0.2) is 0 Å². The molecule has 0 bridgehead atoms. The summed E-state index contributed by atoms with van der Waals surface area (Å²) in [5.74, 6) is 0.200. The number of nitrogens with zero attached hydrogens (tertiary/aromatic N) is 2. The molecular formula is C15H13N3O4. The quantitative estimate of drug-likeness (QED) is 0.521. The van der Waals surface area contributed by atoms with Gasteiger partial charge in [0, 0.05) is 17.7 Å². The highest BCUT2D eigenvalue weighted by atomic mass is 16.6. The van der Waals surface area contributed by atoms with Gasteiger partial charge in [0.1, 0.15) is 5.75 Å². The Hall–Kier alpha value is -3.22. The Bertz CT molecular complexity index is 711. The lowest BCUT2D eigenvalue weighted by Crippen LogP contribution is -2.17. The van der Waals surface area contributed by atoms with E-state index in [0.717, 1.165) is 11.3 Å². The van der Waals surface area contributed by atoms with E-state index in [0.29, 0.717) is 0 Å². The summed E-state index contributed by atoms with van der Waals surface area (Å²) in [7, 11) is 1.57. The summed E-state index contributed by atoms with van der Waals surface area (Å²) >= 11 is 0. The van der Waals surface area contributed by atoms with Crippen molar-refractivity contribution in [3.63, 3.8) is 0 Å². The van der Waals surface area contributed by atoms with Crippen LogP contribution in [-0.2, 0) is 0 Å². The van der Waals surface area contributed by atoms with Crippen LogP contribution in [0.1, 0.15) is 15.9 Å². The van der Waals surface area contributed by atoms with Crippen LogP contribution in [0.4, 0.5) is 5.69 Å². The first-order valence-corrected chi connectivity index (χ1v) is 6.32. The van der Waals surface area contributed by atoms with Crippen molar-refractivity contribution in [2.24, 2.45) is 5.10 Å². The molecule has 0 saturated heterocycles. The lowest BCUT2D eigenvalue weighted by Gasteiger charge is -2.00. The van der Waals surface area contributed by atoms with Crippen LogP contribution in [0.2, 0.25) is 0 Å². The zero-order valence-electron chi connectivity index (χ0n) is 11.7. The lowest BCUT2D eigenvalue weighted by molar-refractivity contribution is -0.384. The molecule has 22 heavy (non-hydrogen) atoms. The summed E-state index contributed by atoms with van der Waals surface area (Å²) in [5.41, 5.74) is 3.12. The van der Waals surface area contributed by atoms with E-state index >= 15 is 0 Å². The highest BCUT2D eigenvalue weighted by molar-refractivity contribution is 5.95. The maximum Gasteiger partial charge on any atom is 0.271 e. The molecule has 0 radical (unpaired) electrons. The summed E-state index contributed by atoms with van der Waals surface area (Å²) in [5, 5.41) is 14.5. The first-order valence-electron chi connectivity index (χ1n) is 6.32. The second kappa shape index (κ2) is 6.98. The van der Waals surface area contributed by atoms with E-state index in [4.69, 9.17) is 4.74 Å². The smallest absolute Gasteiger partial charge is 0.271 e. The average Bonchev–Trinajstić information content (AvgIpc) is 2.55. The molecule has 0 spiro atoms. The van der Waals surface area contributed by atoms with E-state index in [-0.39, 0.29) is 11.3 Å². The highest BCUT2D eigenvalue weighted by Gasteiger charge is 2.10. The Morgan fingerprint density at radius 2 is 2.00 bits per heavy atom. The number of non-ortho nitro benzene ring substituents is 1. The zero-order chi connectivity index (χ0) is 15.9. The molecule has 0 heterocycles. The number of ether oxygens (including phenoxy) is 1. The second-order valence-electron chi connectivity index (χ2n) is 4.28. The van der Waals surface area contributed by atoms with Crippen LogP contribution in [0, 0.1) is 10.1 Å². The van der Waals surface area contributed by atoms with E-state index in [9.17, 15) is 14.9 Å². The van der Waals surface area contributed by atoms with E-state index in [2.05, 4.69) is 10.5 Å². The van der Waals surface area contributed by atoms with Crippen molar-refractivity contribution in [1.29, 1.82) is 0 Å². The molecule has 1 N–H and O–H groups in total. The van der Waals surface area contributed by atoms with Crippen LogP contribution in [0.25, 0.3) is 0 Å². The van der Waals surface area contributed by atoms with Gasteiger partial charge in [0.25, 0.3) is 11.6 Å². The van der Waals surface area contributed by atoms with Crippen molar-refractivity contribution < 1.29 is 14.5 Å². The predicted octanol–water partition coefficient (Wildman–Crippen LogP) is 2.37. The minimum Gasteiger partial charge on any atom is -0.497 e. The summed E-state index contributed by atoms with van der Waals surface area (Å²) in [6.45, 7) is 0. The summed E-state index contributed by atoms with van der Waals surface area (Å²) in [4.78, 5) is 21.9. The number of carbonyl (C=O) groups excluding carboxylic acids is 1. The first-order chi connectivity index (χ1) is 10.6. The number of rotatable bonds is 5. The van der Waals surface area contributed by atoms with Crippen molar-refractivity contribution in [2.45, 2.75) is 0 Å². The summed E-state index contributed by atoms with van der Waals surface area (Å²) in [6.07, 6.45) is 1.47. The molecule has 0 aliphatic heterocycles. The van der Waals surface area contributed by atoms with Gasteiger partial charge in [-0.25, -0.2) is 5.43 Å². The van der Waals surface area contributed by atoms with Crippen LogP contribution in [0.5, 0.6) is 5.75 Å². The van der Waals surface area contributed by atoms with Crippen LogP contribution in [0.15, 0.2) is 53.6 Å². The minimum atomic E-state index is -0.558. The molecule has 0 aliphatic carbocycles. The molecule has 7 nitrogen and oxygen atoms in total. The van der Waals surface area contributed by atoms with Gasteiger partial charge in [-0.3, -0.25) is 14.9 Å². The molecule has 0 fully saturated rings. The Kier molecular flexibility index (Phi) is 4.81. The Morgan fingerprint density at radius 1 is 1.27 bits per heavy atom. The van der Waals surface area contributed by atoms with Gasteiger partial charge in [-0.15, -0.1) is 0 Å². The van der Waals surface area contributed by atoms with E-state index < -0.39 is 10.8 Å². The number of carbonyl (C=O) groups is 1. The maximum atomic E-state index is 11.8. The molecule has 0 aliphatic rings. The Morgan fingerprint density at radius 3 is 2.64 bits per heavy atom. The van der Waals surface area contributed by atoms with Crippen LogP contribution >= 0.6 is 0 Å². The molecule has 0 saturated carbocycles. The number of amides is 1. The molecule has 2 aromatic carbocycles. The number of benzene rings is 2. The Labute approximate surface area is 126 Å². The number of nitro benzene ring substituents is 1. The average molecular weight is 299 g/mol. The van der Waals surface area contributed by atoms with Crippen LogP contribution < -0.4 is 10.2 Å². The van der Waals surface area contributed by atoms with Gasteiger partial charge in [-0.05, 0) is 35.9 Å². The normalized spacial score (nSPS) is 10.4. The SMILES string of the molecule is COc1ccc(/C=N\NC(=O)c2cccc([N+](=O)[O-])c2)cc1. The van der Waals surface area contributed by atoms with Gasteiger partial charge >= 0.3 is 0 Å². The van der Waals surface area contributed by atoms with Gasteiger partial charge < -0.3 is 4.74 Å². The third kappa shape index (κ3) is 3.89. The fourth-order valence-electron chi connectivity index (χ4n) is 1.68. The van der Waals surface area contributed by atoms with Crippen molar-refractivity contribution >= 4 is 17.8 Å². The first kappa shape index (κ1) is 15.2. The van der Waals surface area contributed by atoms with E-state index in [1.807, 2.05) is 0 Å². The number of nitrogens with one attached hydrogen (secondary N) is 1. The van der Waals surface area contributed by atoms with E-state index in [1.165, 1.54) is 30.5 Å². The number of methoxy groups -OCH3 is 1. The molecular weight excluding hydrogens is 286 g/mol. The highest BCUT2D eigenvalue weighted by Crippen LogP contribution is 2.13. The molecule has 2 rings (SSSR count). The third-order valence-electron chi connectivity index (χ3n) is 2.81. The minimum absolute atomic E-state index is 0.146. The fraction of sp³-hybridized carbons (Fsp3) is 0.0667. The molecule has 0 aromatic heterocycles. The number of hydrazone groups is 1. The summed E-state index contributed by atoms with van der Waals surface area (Å²) in [6, 6.07) is 12.5. The van der Waals surface area contributed by atoms with Crippen molar-refractivity contribution in [2.75, 3.05) is 7.11 Å². The van der Waals surface area contributed by atoms with Crippen molar-refractivity contribution in [1.82, 2.24) is 5.43 Å². The maximum absolute atomic E-state index is 11.8. The van der Waals surface area contributed by atoms with E-state index in [1.54, 1.807) is 31.4 Å². The van der Waals surface area contributed by atoms with Gasteiger partial charge in [0.05, 0.1) is 18.2 Å². The van der Waals surface area contributed by atoms with Crippen LogP contribution in [0.3, 0.4) is 0 Å². The largest absolute Gasteiger partial charge is 0.497 e. The number of hydrogen-bond acceptors (Lipinski definition) is 5. The van der Waals surface area contributed by atoms with Crippen LogP contribution in [-0.4, -0.2) is 24.2 Å². The molecule has 7 heteroatoms. The monoisotopic (exact) mass is 299 g/mol. The van der Waals surface area contributed by atoms with Gasteiger partial charge in [-0.1, -0.05) is 6.07 Å². The third-order valence-corrected chi connectivity index (χ3v) is 2.81. The molecule has 112 valence electrons. The summed E-state index contributed by atoms with van der Waals surface area (Å²) < 4.78 is 5.03. The molecule has 2 aromatic rings. The number of nitro groups is 1. The predicted molar refractivity (Wildman–Crippen MR) is 81.2 cm³/mol. The van der Waals surface area contributed by atoms with Crippen molar-refractivity contribution in [3.8, 4) is 5.75 Å². The molecule has 1 amide bonds. The molecule has 0 unspecified atom stereocenters. The van der Waals surface area contributed by atoms with Gasteiger partial charge in [0.2, 0.25) is 0 Å². The topological polar surface area (TPSA) is 93.8 Å². The number of hydrogen-bond donors (Lipinski definition) is 1. The molecule has 0 atom stereocenters. The zero-order valence-corrected chi connectivity index (χ0v) is 11.7. The standard InChI is InChI=1S/C15H13N3O4/c1-22-14-7-5-11(6-8-14)10-16-17-15(19)12-3-2-4-13(9-12)18(20)21/h2-10H,1H3,(H,17,19)/b16-10-. The Balaban J connectivity index is 2.01. The second-order valence-corrected chi connectivity index (χ2v) is 4.28. The van der Waals surface area contributed by atoms with Crippen molar-refractivity contribution in [3.05, 3.63) is 69.8 Å². The fourth-order valence-corrected chi connectivity index (χ4v) is 1.68. The lowest BCUT2D eigenvalue weighted by atomic mass is 10.2.